The molecule has 2 aromatic carbocycles. The van der Waals surface area contributed by atoms with Crippen molar-refractivity contribution in [3.63, 3.8) is 0 Å². The Kier molecular flexibility index (Phi) is 5.17. The number of methoxy groups -OCH3 is 1. The summed E-state index contributed by atoms with van der Waals surface area (Å²) in [6.07, 6.45) is 0. The molecule has 2 rings (SSSR count). The van der Waals surface area contributed by atoms with E-state index in [4.69, 9.17) is 20.4 Å². The van der Waals surface area contributed by atoms with Crippen molar-refractivity contribution in [3.8, 4) is 5.75 Å². The standard InChI is InChI=1S/C16H18N2O3/c1-20-15-4-2-3-14(9-15)16(17)18-21-11-13-7-5-12(10-19)6-8-13/h2-9,19H,10-11H2,1H3,(H2,17,18). The molecule has 0 saturated heterocycles. The average molecular weight is 286 g/mol. The molecule has 0 amide bonds. The topological polar surface area (TPSA) is 77.1 Å². The molecule has 5 heteroatoms. The average Bonchev–Trinajstić information content (AvgIpc) is 2.55. The maximum atomic E-state index is 8.97. The van der Waals surface area contributed by atoms with Crippen molar-refractivity contribution < 1.29 is 14.7 Å². The molecule has 0 bridgehead atoms. The Balaban J connectivity index is 1.96. The van der Waals surface area contributed by atoms with E-state index in [1.54, 1.807) is 13.2 Å². The molecule has 3 N–H and O–H groups in total. The summed E-state index contributed by atoms with van der Waals surface area (Å²) in [7, 11) is 1.60. The van der Waals surface area contributed by atoms with Gasteiger partial charge in [-0.25, -0.2) is 0 Å². The first-order chi connectivity index (χ1) is 10.2. The van der Waals surface area contributed by atoms with Gasteiger partial charge in [0, 0.05) is 5.56 Å². The first-order valence-corrected chi connectivity index (χ1v) is 6.51. The van der Waals surface area contributed by atoms with E-state index in [-0.39, 0.29) is 6.61 Å². The van der Waals surface area contributed by atoms with Crippen LogP contribution in [0.4, 0.5) is 0 Å². The van der Waals surface area contributed by atoms with Crippen LogP contribution in [-0.2, 0) is 18.1 Å². The quantitative estimate of drug-likeness (QED) is 0.484. The van der Waals surface area contributed by atoms with Gasteiger partial charge in [0.1, 0.15) is 12.4 Å². The van der Waals surface area contributed by atoms with Crippen molar-refractivity contribution in [1.82, 2.24) is 0 Å². The normalized spacial score (nSPS) is 11.2. The minimum Gasteiger partial charge on any atom is -0.497 e. The van der Waals surface area contributed by atoms with Gasteiger partial charge < -0.3 is 20.4 Å². The highest BCUT2D eigenvalue weighted by atomic mass is 16.6. The molecule has 0 atom stereocenters. The van der Waals surface area contributed by atoms with Gasteiger partial charge in [0.15, 0.2) is 5.84 Å². The number of hydrogen-bond donors (Lipinski definition) is 2. The minimum atomic E-state index is 0.0298. The lowest BCUT2D eigenvalue weighted by atomic mass is 10.1. The summed E-state index contributed by atoms with van der Waals surface area (Å²) in [5.41, 5.74) is 8.42. The molecule has 110 valence electrons. The lowest BCUT2D eigenvalue weighted by molar-refractivity contribution is 0.130. The lowest BCUT2D eigenvalue weighted by Gasteiger charge is -2.05. The molecule has 0 aromatic heterocycles. The van der Waals surface area contributed by atoms with E-state index >= 15 is 0 Å². The van der Waals surface area contributed by atoms with Gasteiger partial charge >= 0.3 is 0 Å². The van der Waals surface area contributed by atoms with Gasteiger partial charge in [-0.05, 0) is 23.3 Å². The third-order valence-electron chi connectivity index (χ3n) is 2.97. The number of ether oxygens (including phenoxy) is 1. The molecule has 0 aliphatic heterocycles. The molecular weight excluding hydrogens is 268 g/mol. The molecule has 2 aromatic rings. The van der Waals surface area contributed by atoms with Crippen LogP contribution in [0.3, 0.4) is 0 Å². The summed E-state index contributed by atoms with van der Waals surface area (Å²) in [5.74, 6) is 1.01. The molecule has 0 aliphatic rings. The Morgan fingerprint density at radius 1 is 1.14 bits per heavy atom. The van der Waals surface area contributed by atoms with Gasteiger partial charge in [0.25, 0.3) is 0 Å². The highest BCUT2D eigenvalue weighted by Crippen LogP contribution is 2.12. The SMILES string of the molecule is COc1cccc(/C(N)=N/OCc2ccc(CO)cc2)c1. The number of hydrogen-bond acceptors (Lipinski definition) is 4. The third-order valence-corrected chi connectivity index (χ3v) is 2.97. The molecule has 0 saturated carbocycles. The maximum Gasteiger partial charge on any atom is 0.170 e. The number of aliphatic hydroxyl groups is 1. The Hall–Kier alpha value is -2.53. The Morgan fingerprint density at radius 2 is 1.86 bits per heavy atom. The molecule has 0 aliphatic carbocycles. The summed E-state index contributed by atoms with van der Waals surface area (Å²) in [5, 5.41) is 12.9. The second-order valence-electron chi connectivity index (χ2n) is 4.46. The van der Waals surface area contributed by atoms with Crippen LogP contribution in [0.5, 0.6) is 5.75 Å². The van der Waals surface area contributed by atoms with Crippen LogP contribution in [0.2, 0.25) is 0 Å². The van der Waals surface area contributed by atoms with Crippen LogP contribution in [-0.4, -0.2) is 18.1 Å². The Labute approximate surface area is 123 Å². The second-order valence-corrected chi connectivity index (χ2v) is 4.46. The molecule has 0 heterocycles. The molecular formula is C16H18N2O3. The summed E-state index contributed by atoms with van der Waals surface area (Å²) in [6, 6.07) is 14.7. The van der Waals surface area contributed by atoms with E-state index in [0.29, 0.717) is 18.2 Å². The van der Waals surface area contributed by atoms with Gasteiger partial charge in [-0.1, -0.05) is 41.6 Å². The molecule has 0 spiro atoms. The van der Waals surface area contributed by atoms with Gasteiger partial charge in [0.2, 0.25) is 0 Å². The fourth-order valence-electron chi connectivity index (χ4n) is 1.75. The van der Waals surface area contributed by atoms with Crippen LogP contribution in [0, 0.1) is 0 Å². The fraction of sp³-hybridized carbons (Fsp3) is 0.188. The van der Waals surface area contributed by atoms with E-state index < -0.39 is 0 Å². The molecule has 21 heavy (non-hydrogen) atoms. The van der Waals surface area contributed by atoms with E-state index in [2.05, 4.69) is 5.16 Å². The number of benzene rings is 2. The monoisotopic (exact) mass is 286 g/mol. The highest BCUT2D eigenvalue weighted by Gasteiger charge is 2.01. The van der Waals surface area contributed by atoms with Gasteiger partial charge in [-0.15, -0.1) is 0 Å². The number of nitrogens with two attached hydrogens (primary N) is 1. The summed E-state index contributed by atoms with van der Waals surface area (Å²) < 4.78 is 5.13. The summed E-state index contributed by atoms with van der Waals surface area (Å²) in [4.78, 5) is 5.24. The first kappa shape index (κ1) is 14.9. The van der Waals surface area contributed by atoms with Crippen LogP contribution < -0.4 is 10.5 Å². The van der Waals surface area contributed by atoms with Crippen LogP contribution in [0.1, 0.15) is 16.7 Å². The zero-order chi connectivity index (χ0) is 15.1. The van der Waals surface area contributed by atoms with Crippen molar-refractivity contribution in [2.24, 2.45) is 10.9 Å². The largest absolute Gasteiger partial charge is 0.497 e. The predicted molar refractivity (Wildman–Crippen MR) is 80.9 cm³/mol. The van der Waals surface area contributed by atoms with Crippen LogP contribution in [0.25, 0.3) is 0 Å². The molecule has 0 unspecified atom stereocenters. The van der Waals surface area contributed by atoms with Crippen LogP contribution >= 0.6 is 0 Å². The van der Waals surface area contributed by atoms with Crippen molar-refractivity contribution in [2.75, 3.05) is 7.11 Å². The molecule has 0 radical (unpaired) electrons. The lowest BCUT2D eigenvalue weighted by Crippen LogP contribution is -2.13. The van der Waals surface area contributed by atoms with E-state index in [0.717, 1.165) is 16.7 Å². The molecule has 0 fully saturated rings. The highest BCUT2D eigenvalue weighted by molar-refractivity contribution is 5.97. The number of amidine groups is 1. The van der Waals surface area contributed by atoms with Crippen molar-refractivity contribution >= 4 is 5.84 Å². The first-order valence-electron chi connectivity index (χ1n) is 6.51. The number of oxime groups is 1. The number of nitrogens with zero attached hydrogens (tertiary/aromatic N) is 1. The fourth-order valence-corrected chi connectivity index (χ4v) is 1.75. The maximum absolute atomic E-state index is 8.97. The van der Waals surface area contributed by atoms with Gasteiger partial charge in [0.05, 0.1) is 13.7 Å². The van der Waals surface area contributed by atoms with E-state index in [1.165, 1.54) is 0 Å². The summed E-state index contributed by atoms with van der Waals surface area (Å²) >= 11 is 0. The number of aliphatic hydroxyl groups excluding tert-OH is 1. The van der Waals surface area contributed by atoms with Crippen molar-refractivity contribution in [2.45, 2.75) is 13.2 Å². The van der Waals surface area contributed by atoms with E-state index in [1.807, 2.05) is 42.5 Å². The predicted octanol–water partition coefficient (Wildman–Crippen LogP) is 2.02. The Morgan fingerprint density at radius 3 is 2.52 bits per heavy atom. The zero-order valence-corrected chi connectivity index (χ0v) is 11.8. The van der Waals surface area contributed by atoms with Gasteiger partial charge in [-0.3, -0.25) is 0 Å². The smallest absolute Gasteiger partial charge is 0.170 e. The second kappa shape index (κ2) is 7.31. The number of rotatable bonds is 6. The molecule has 5 nitrogen and oxygen atoms in total. The van der Waals surface area contributed by atoms with Crippen LogP contribution in [0.15, 0.2) is 53.7 Å². The summed E-state index contributed by atoms with van der Waals surface area (Å²) in [6.45, 7) is 0.346. The van der Waals surface area contributed by atoms with Crippen molar-refractivity contribution in [1.29, 1.82) is 0 Å². The van der Waals surface area contributed by atoms with Crippen molar-refractivity contribution in [3.05, 3.63) is 65.2 Å². The Bertz CT molecular complexity index is 609. The van der Waals surface area contributed by atoms with Gasteiger partial charge in [-0.2, -0.15) is 0 Å². The third kappa shape index (κ3) is 4.22. The van der Waals surface area contributed by atoms with E-state index in [9.17, 15) is 0 Å². The zero-order valence-electron chi connectivity index (χ0n) is 11.8. The minimum absolute atomic E-state index is 0.0298.